The molecule has 4 rings (SSSR count). The minimum absolute atomic E-state index is 0.143. The van der Waals surface area contributed by atoms with Crippen LogP contribution in [0.3, 0.4) is 0 Å². The van der Waals surface area contributed by atoms with Gasteiger partial charge in [0.2, 0.25) is 0 Å². The third kappa shape index (κ3) is 6.32. The minimum Gasteiger partial charge on any atom is -0.444 e. The van der Waals surface area contributed by atoms with Gasteiger partial charge in [-0.1, -0.05) is 48.0 Å². The van der Waals surface area contributed by atoms with E-state index in [1.54, 1.807) is 39.0 Å². The molecule has 2 amide bonds. The van der Waals surface area contributed by atoms with Gasteiger partial charge in [0.15, 0.2) is 0 Å². The highest BCUT2D eigenvalue weighted by atomic mass is 35.5. The molecule has 0 fully saturated rings. The van der Waals surface area contributed by atoms with Gasteiger partial charge < -0.3 is 15.4 Å². The summed E-state index contributed by atoms with van der Waals surface area (Å²) < 4.78 is 5.34. The maximum absolute atomic E-state index is 13.3. The molecule has 1 aliphatic heterocycles. The summed E-state index contributed by atoms with van der Waals surface area (Å²) >= 11 is 6.20. The van der Waals surface area contributed by atoms with Crippen LogP contribution in [0.5, 0.6) is 0 Å². The molecule has 0 radical (unpaired) electrons. The quantitative estimate of drug-likeness (QED) is 0.412. The molecule has 1 aliphatic rings. The predicted molar refractivity (Wildman–Crippen MR) is 144 cm³/mol. The third-order valence-electron chi connectivity index (χ3n) is 5.85. The number of ether oxygens (including phenoxy) is 1. The van der Waals surface area contributed by atoms with Crippen molar-refractivity contribution in [3.05, 3.63) is 94.0 Å². The third-order valence-corrected chi connectivity index (χ3v) is 6.09. The van der Waals surface area contributed by atoms with Crippen molar-refractivity contribution in [1.82, 2.24) is 10.6 Å². The molecule has 3 aromatic carbocycles. The molecule has 0 aromatic heterocycles. The van der Waals surface area contributed by atoms with Crippen LogP contribution >= 0.6 is 11.6 Å². The minimum atomic E-state index is -0.624. The van der Waals surface area contributed by atoms with Crippen LogP contribution in [-0.2, 0) is 11.3 Å². The number of nitrogens with zero attached hydrogens (tertiary/aromatic N) is 1. The molecule has 36 heavy (non-hydrogen) atoms. The maximum atomic E-state index is 13.3. The number of hydrogen-bond acceptors (Lipinski definition) is 4. The number of amides is 2. The highest BCUT2D eigenvalue weighted by Gasteiger charge is 2.21. The van der Waals surface area contributed by atoms with Gasteiger partial charge in [0.1, 0.15) is 5.60 Å². The van der Waals surface area contributed by atoms with Crippen LogP contribution in [0, 0.1) is 0 Å². The standard InChI is InChI=1S/C29H30ClN3O3/c1-18-25-15-20(11-12-23(25)16-31-18)19-7-5-9-22(13-19)27(34)33-26(21-8-6-10-24(30)14-21)17-32-28(35)36-29(2,3)4/h5-15,26H,16-17H2,1-4H3,(H,32,35)(H,33,34). The summed E-state index contributed by atoms with van der Waals surface area (Å²) in [6.45, 7) is 8.26. The van der Waals surface area contributed by atoms with Gasteiger partial charge in [-0.2, -0.15) is 0 Å². The number of aliphatic imine (C=N–C) groups is 1. The van der Waals surface area contributed by atoms with Crippen molar-refractivity contribution in [2.24, 2.45) is 4.99 Å². The van der Waals surface area contributed by atoms with Crippen molar-refractivity contribution in [2.45, 2.75) is 45.9 Å². The van der Waals surface area contributed by atoms with E-state index in [9.17, 15) is 9.59 Å². The Morgan fingerprint density at radius 3 is 2.53 bits per heavy atom. The molecular weight excluding hydrogens is 474 g/mol. The summed E-state index contributed by atoms with van der Waals surface area (Å²) in [6.07, 6.45) is -0.554. The Morgan fingerprint density at radius 1 is 1.03 bits per heavy atom. The van der Waals surface area contributed by atoms with Crippen molar-refractivity contribution in [1.29, 1.82) is 0 Å². The molecule has 2 N–H and O–H groups in total. The summed E-state index contributed by atoms with van der Waals surface area (Å²) in [5.74, 6) is -0.258. The first-order valence-corrected chi connectivity index (χ1v) is 12.2. The van der Waals surface area contributed by atoms with Gasteiger partial charge in [-0.3, -0.25) is 9.79 Å². The van der Waals surface area contributed by atoms with Crippen molar-refractivity contribution in [2.75, 3.05) is 6.54 Å². The summed E-state index contributed by atoms with van der Waals surface area (Å²) in [5, 5.41) is 6.33. The first-order valence-electron chi connectivity index (χ1n) is 11.9. The number of fused-ring (bicyclic) bond motifs is 1. The van der Waals surface area contributed by atoms with E-state index in [1.165, 1.54) is 5.56 Å². The number of rotatable bonds is 6. The normalized spacial score (nSPS) is 13.4. The molecule has 186 valence electrons. The zero-order valence-corrected chi connectivity index (χ0v) is 21.6. The van der Waals surface area contributed by atoms with Crippen molar-refractivity contribution in [3.63, 3.8) is 0 Å². The number of nitrogens with one attached hydrogen (secondary N) is 2. The summed E-state index contributed by atoms with van der Waals surface area (Å²) in [7, 11) is 0. The van der Waals surface area contributed by atoms with Crippen LogP contribution in [-0.4, -0.2) is 29.9 Å². The van der Waals surface area contributed by atoms with Gasteiger partial charge in [0.25, 0.3) is 5.91 Å². The highest BCUT2D eigenvalue weighted by molar-refractivity contribution is 6.30. The molecule has 0 bridgehead atoms. The molecule has 7 heteroatoms. The van der Waals surface area contributed by atoms with Crippen LogP contribution in [0.1, 0.15) is 60.8 Å². The largest absolute Gasteiger partial charge is 0.444 e. The van der Waals surface area contributed by atoms with Crippen LogP contribution in [0.2, 0.25) is 5.02 Å². The smallest absolute Gasteiger partial charge is 0.407 e. The van der Waals surface area contributed by atoms with E-state index in [0.29, 0.717) is 17.1 Å². The second-order valence-corrected chi connectivity index (χ2v) is 10.3. The van der Waals surface area contributed by atoms with E-state index >= 15 is 0 Å². The Kier molecular flexibility index (Phi) is 7.45. The lowest BCUT2D eigenvalue weighted by atomic mass is 9.97. The Balaban J connectivity index is 1.54. The van der Waals surface area contributed by atoms with Crippen molar-refractivity contribution < 1.29 is 14.3 Å². The first-order chi connectivity index (χ1) is 17.1. The van der Waals surface area contributed by atoms with E-state index in [-0.39, 0.29) is 12.5 Å². The fourth-order valence-electron chi connectivity index (χ4n) is 4.08. The molecule has 1 atom stereocenters. The van der Waals surface area contributed by atoms with Gasteiger partial charge >= 0.3 is 6.09 Å². The molecule has 0 spiro atoms. The molecule has 1 unspecified atom stereocenters. The number of alkyl carbamates (subject to hydrolysis) is 1. The molecule has 0 aliphatic carbocycles. The number of halogens is 1. The fourth-order valence-corrected chi connectivity index (χ4v) is 4.28. The molecule has 0 saturated heterocycles. The molecule has 6 nitrogen and oxygen atoms in total. The average Bonchev–Trinajstić information content (AvgIpc) is 3.20. The number of carbonyl (C=O) groups is 2. The Morgan fingerprint density at radius 2 is 1.78 bits per heavy atom. The van der Waals surface area contributed by atoms with Crippen LogP contribution < -0.4 is 10.6 Å². The Hall–Kier alpha value is -3.64. The molecule has 3 aromatic rings. The van der Waals surface area contributed by atoms with Gasteiger partial charge in [-0.05, 0) is 80.3 Å². The zero-order chi connectivity index (χ0) is 25.9. The first kappa shape index (κ1) is 25.5. The molecular formula is C29H30ClN3O3. The second-order valence-electron chi connectivity index (χ2n) is 9.82. The van der Waals surface area contributed by atoms with Crippen LogP contribution in [0.4, 0.5) is 4.79 Å². The van der Waals surface area contributed by atoms with Gasteiger partial charge in [0.05, 0.1) is 12.6 Å². The number of benzene rings is 3. The van der Waals surface area contributed by atoms with Crippen LogP contribution in [0.15, 0.2) is 71.7 Å². The highest BCUT2D eigenvalue weighted by Crippen LogP contribution is 2.27. The van der Waals surface area contributed by atoms with Gasteiger partial charge in [0, 0.05) is 28.4 Å². The second kappa shape index (κ2) is 10.5. The number of hydrogen-bond donors (Lipinski definition) is 2. The van der Waals surface area contributed by atoms with Crippen molar-refractivity contribution in [3.8, 4) is 11.1 Å². The Labute approximate surface area is 216 Å². The summed E-state index contributed by atoms with van der Waals surface area (Å²) in [4.78, 5) is 30.1. The lowest BCUT2D eigenvalue weighted by Crippen LogP contribution is -2.40. The predicted octanol–water partition coefficient (Wildman–Crippen LogP) is 6.33. The summed E-state index contributed by atoms with van der Waals surface area (Å²) in [5.41, 5.74) is 6.03. The lowest BCUT2D eigenvalue weighted by Gasteiger charge is -2.23. The van der Waals surface area contributed by atoms with E-state index in [2.05, 4.69) is 33.8 Å². The average molecular weight is 504 g/mol. The maximum Gasteiger partial charge on any atom is 0.407 e. The summed E-state index contributed by atoms with van der Waals surface area (Å²) in [6, 6.07) is 20.5. The van der Waals surface area contributed by atoms with Gasteiger partial charge in [-0.15, -0.1) is 0 Å². The fraction of sp³-hybridized carbons (Fsp3) is 0.276. The zero-order valence-electron chi connectivity index (χ0n) is 20.9. The molecule has 1 heterocycles. The lowest BCUT2D eigenvalue weighted by molar-refractivity contribution is 0.0520. The molecule has 0 saturated carbocycles. The SMILES string of the molecule is CC1=NCc2ccc(-c3cccc(C(=O)NC(CNC(=O)OC(C)(C)C)c4cccc(Cl)c4)c3)cc21. The van der Waals surface area contributed by atoms with Crippen molar-refractivity contribution >= 4 is 29.3 Å². The number of carbonyl (C=O) groups excluding carboxylic acids is 2. The van der Waals surface area contributed by atoms with E-state index in [1.807, 2.05) is 37.3 Å². The van der Waals surface area contributed by atoms with Gasteiger partial charge in [-0.25, -0.2) is 4.79 Å². The van der Waals surface area contributed by atoms with E-state index in [4.69, 9.17) is 16.3 Å². The topological polar surface area (TPSA) is 79.8 Å². The monoisotopic (exact) mass is 503 g/mol. The van der Waals surface area contributed by atoms with E-state index < -0.39 is 17.7 Å². The Bertz CT molecular complexity index is 1330. The van der Waals surface area contributed by atoms with E-state index in [0.717, 1.165) is 28.0 Å². The van der Waals surface area contributed by atoms with Crippen LogP contribution in [0.25, 0.3) is 11.1 Å².